The Morgan fingerprint density at radius 3 is 2.48 bits per heavy atom. The van der Waals surface area contributed by atoms with E-state index in [0.29, 0.717) is 0 Å². The van der Waals surface area contributed by atoms with Gasteiger partial charge in [-0.25, -0.2) is 8.78 Å². The van der Waals surface area contributed by atoms with Gasteiger partial charge in [0.25, 0.3) is 5.91 Å². The molecule has 1 amide bonds. The van der Waals surface area contributed by atoms with E-state index in [2.05, 4.69) is 21.2 Å². The van der Waals surface area contributed by atoms with Crippen molar-refractivity contribution in [2.45, 2.75) is 6.42 Å². The maximum atomic E-state index is 13.4. The highest BCUT2D eigenvalue weighted by atomic mass is 79.9. The molecule has 0 spiro atoms. The Morgan fingerprint density at radius 2 is 1.78 bits per heavy atom. The molecule has 0 heterocycles. The average Bonchev–Trinajstić information content (AvgIpc) is 2.51. The molecule has 0 radical (unpaired) electrons. The lowest BCUT2D eigenvalue weighted by Crippen LogP contribution is -2.22. The van der Waals surface area contributed by atoms with E-state index in [-0.39, 0.29) is 12.1 Å². The SMILES string of the molecule is O=C(COC(=O)Cc1ccc(Br)cc1)Nc1cc(F)ccc1F. The quantitative estimate of drug-likeness (QED) is 0.804. The van der Waals surface area contributed by atoms with Crippen molar-refractivity contribution in [3.63, 3.8) is 0 Å². The van der Waals surface area contributed by atoms with Crippen LogP contribution in [0.2, 0.25) is 0 Å². The van der Waals surface area contributed by atoms with Gasteiger partial charge in [-0.2, -0.15) is 0 Å². The molecule has 0 aromatic heterocycles. The van der Waals surface area contributed by atoms with Crippen molar-refractivity contribution in [1.29, 1.82) is 0 Å². The van der Waals surface area contributed by atoms with E-state index in [0.717, 1.165) is 28.2 Å². The molecule has 1 N–H and O–H groups in total. The molecule has 0 bridgehead atoms. The second-order valence-electron chi connectivity index (χ2n) is 4.64. The van der Waals surface area contributed by atoms with Crippen LogP contribution in [0.4, 0.5) is 14.5 Å². The van der Waals surface area contributed by atoms with E-state index in [1.54, 1.807) is 24.3 Å². The smallest absolute Gasteiger partial charge is 0.310 e. The highest BCUT2D eigenvalue weighted by Gasteiger charge is 2.11. The molecule has 2 rings (SSSR count). The van der Waals surface area contributed by atoms with Crippen molar-refractivity contribution in [2.75, 3.05) is 11.9 Å². The van der Waals surface area contributed by atoms with Crippen LogP contribution in [0.25, 0.3) is 0 Å². The van der Waals surface area contributed by atoms with E-state index in [1.165, 1.54) is 0 Å². The van der Waals surface area contributed by atoms with Crippen LogP contribution in [0.5, 0.6) is 0 Å². The lowest BCUT2D eigenvalue weighted by molar-refractivity contribution is -0.146. The van der Waals surface area contributed by atoms with Crippen LogP contribution in [0.3, 0.4) is 0 Å². The standard InChI is InChI=1S/C16H12BrF2NO3/c17-11-3-1-10(2-4-11)7-16(22)23-9-15(21)20-14-8-12(18)5-6-13(14)19/h1-6,8H,7,9H2,(H,20,21). The van der Waals surface area contributed by atoms with Gasteiger partial charge in [-0.3, -0.25) is 9.59 Å². The summed E-state index contributed by atoms with van der Waals surface area (Å²) in [6.45, 7) is -0.578. The summed E-state index contributed by atoms with van der Waals surface area (Å²) >= 11 is 3.28. The van der Waals surface area contributed by atoms with Crippen LogP contribution in [-0.4, -0.2) is 18.5 Å². The molecule has 4 nitrogen and oxygen atoms in total. The minimum Gasteiger partial charge on any atom is -0.455 e. The topological polar surface area (TPSA) is 55.4 Å². The molecule has 120 valence electrons. The highest BCUT2D eigenvalue weighted by Crippen LogP contribution is 2.15. The molecular formula is C16H12BrF2NO3. The van der Waals surface area contributed by atoms with E-state index in [9.17, 15) is 18.4 Å². The Hall–Kier alpha value is -2.28. The zero-order valence-corrected chi connectivity index (χ0v) is 13.4. The number of esters is 1. The number of ether oxygens (including phenoxy) is 1. The Morgan fingerprint density at radius 1 is 1.09 bits per heavy atom. The predicted molar refractivity (Wildman–Crippen MR) is 83.8 cm³/mol. The number of amides is 1. The van der Waals surface area contributed by atoms with Crippen molar-refractivity contribution >= 4 is 33.5 Å². The summed E-state index contributed by atoms with van der Waals surface area (Å²) in [6.07, 6.45) is 0.00882. The van der Waals surface area contributed by atoms with Gasteiger partial charge in [-0.15, -0.1) is 0 Å². The van der Waals surface area contributed by atoms with Crippen molar-refractivity contribution in [1.82, 2.24) is 0 Å². The Bertz CT molecular complexity index is 720. The maximum absolute atomic E-state index is 13.4. The zero-order chi connectivity index (χ0) is 16.8. The fraction of sp³-hybridized carbons (Fsp3) is 0.125. The first-order chi connectivity index (χ1) is 10.9. The van der Waals surface area contributed by atoms with Crippen molar-refractivity contribution < 1.29 is 23.1 Å². The lowest BCUT2D eigenvalue weighted by Gasteiger charge is -2.07. The minimum atomic E-state index is -0.777. The first kappa shape index (κ1) is 17.1. The van der Waals surface area contributed by atoms with E-state index in [1.807, 2.05) is 0 Å². The number of benzene rings is 2. The fourth-order valence-corrected chi connectivity index (χ4v) is 2.01. The third kappa shape index (κ3) is 5.45. The van der Waals surface area contributed by atoms with Gasteiger partial charge >= 0.3 is 5.97 Å². The number of halogens is 3. The van der Waals surface area contributed by atoms with Crippen molar-refractivity contribution in [2.24, 2.45) is 0 Å². The molecule has 7 heteroatoms. The number of rotatable bonds is 5. The Labute approximate surface area is 139 Å². The number of hydrogen-bond donors (Lipinski definition) is 1. The summed E-state index contributed by atoms with van der Waals surface area (Å²) in [6, 6.07) is 9.72. The van der Waals surface area contributed by atoms with Crippen LogP contribution >= 0.6 is 15.9 Å². The van der Waals surface area contributed by atoms with Crippen molar-refractivity contribution in [3.8, 4) is 0 Å². The van der Waals surface area contributed by atoms with Gasteiger partial charge in [0.15, 0.2) is 6.61 Å². The first-order valence-corrected chi connectivity index (χ1v) is 7.38. The lowest BCUT2D eigenvalue weighted by atomic mass is 10.2. The number of carbonyl (C=O) groups is 2. The molecule has 0 aliphatic carbocycles. The van der Waals surface area contributed by atoms with E-state index < -0.39 is 30.1 Å². The minimum absolute atomic E-state index is 0.00882. The number of hydrogen-bond acceptors (Lipinski definition) is 3. The fourth-order valence-electron chi connectivity index (χ4n) is 1.75. The summed E-state index contributed by atoms with van der Waals surface area (Å²) < 4.78 is 32.0. The van der Waals surface area contributed by atoms with Gasteiger partial charge < -0.3 is 10.1 Å². The largest absolute Gasteiger partial charge is 0.455 e. The molecule has 0 saturated heterocycles. The van der Waals surface area contributed by atoms with Gasteiger partial charge in [0.05, 0.1) is 12.1 Å². The van der Waals surface area contributed by atoms with Gasteiger partial charge in [0.1, 0.15) is 11.6 Å². The number of anilines is 1. The van der Waals surface area contributed by atoms with Gasteiger partial charge in [0, 0.05) is 10.5 Å². The zero-order valence-electron chi connectivity index (χ0n) is 11.8. The van der Waals surface area contributed by atoms with Gasteiger partial charge in [-0.1, -0.05) is 28.1 Å². The molecular weight excluding hydrogens is 372 g/mol. The summed E-state index contributed by atoms with van der Waals surface area (Å²) in [5.41, 5.74) is 0.425. The van der Waals surface area contributed by atoms with Crippen LogP contribution in [0, 0.1) is 11.6 Å². The first-order valence-electron chi connectivity index (χ1n) is 6.59. The monoisotopic (exact) mass is 383 g/mol. The maximum Gasteiger partial charge on any atom is 0.310 e. The summed E-state index contributed by atoms with van der Waals surface area (Å²) in [5, 5.41) is 2.14. The third-order valence-electron chi connectivity index (χ3n) is 2.83. The summed E-state index contributed by atoms with van der Waals surface area (Å²) in [4.78, 5) is 23.2. The average molecular weight is 384 g/mol. The highest BCUT2D eigenvalue weighted by molar-refractivity contribution is 9.10. The van der Waals surface area contributed by atoms with Crippen LogP contribution < -0.4 is 5.32 Å². The molecule has 0 fully saturated rings. The van der Waals surface area contributed by atoms with E-state index in [4.69, 9.17) is 4.74 Å². The molecule has 0 saturated carbocycles. The van der Waals surface area contributed by atoms with Crippen LogP contribution in [0.1, 0.15) is 5.56 Å². The predicted octanol–water partition coefficient (Wildman–Crippen LogP) is 3.45. The second kappa shape index (κ2) is 7.82. The van der Waals surface area contributed by atoms with E-state index >= 15 is 0 Å². The molecule has 2 aromatic carbocycles. The third-order valence-corrected chi connectivity index (χ3v) is 3.36. The molecule has 0 aliphatic rings. The molecule has 23 heavy (non-hydrogen) atoms. The van der Waals surface area contributed by atoms with Crippen molar-refractivity contribution in [3.05, 3.63) is 64.1 Å². The summed E-state index contributed by atoms with van der Waals surface area (Å²) in [7, 11) is 0. The van der Waals surface area contributed by atoms with Gasteiger partial charge in [0.2, 0.25) is 0 Å². The van der Waals surface area contributed by atoms with Crippen LogP contribution in [-0.2, 0) is 20.7 Å². The summed E-state index contributed by atoms with van der Waals surface area (Å²) in [5.74, 6) is -2.81. The Balaban J connectivity index is 1.83. The van der Waals surface area contributed by atoms with Gasteiger partial charge in [-0.05, 0) is 29.8 Å². The molecule has 0 unspecified atom stereocenters. The number of nitrogens with one attached hydrogen (secondary N) is 1. The normalized spacial score (nSPS) is 10.2. The number of carbonyl (C=O) groups excluding carboxylic acids is 2. The molecule has 2 aromatic rings. The van der Waals surface area contributed by atoms with Crippen LogP contribution in [0.15, 0.2) is 46.9 Å². The Kier molecular flexibility index (Phi) is 5.81. The molecule has 0 aliphatic heterocycles. The molecule has 0 atom stereocenters. The second-order valence-corrected chi connectivity index (χ2v) is 5.55.